The van der Waals surface area contributed by atoms with Crippen LogP contribution in [0, 0.1) is 14.2 Å². The Morgan fingerprint density at radius 3 is 2.84 bits per heavy atom. The van der Waals surface area contributed by atoms with E-state index in [1.165, 1.54) is 11.3 Å². The van der Waals surface area contributed by atoms with Gasteiger partial charge in [-0.3, -0.25) is 0 Å². The van der Waals surface area contributed by atoms with E-state index in [0.29, 0.717) is 20.4 Å². The van der Waals surface area contributed by atoms with Crippen LogP contribution in [0.5, 0.6) is 0 Å². The number of fused-ring (bicyclic) bond motifs is 1. The molecule has 0 saturated carbocycles. The van der Waals surface area contributed by atoms with Gasteiger partial charge in [-0.2, -0.15) is 18.4 Å². The third kappa shape index (κ3) is 4.04. The van der Waals surface area contributed by atoms with E-state index in [-0.39, 0.29) is 0 Å². The molecule has 3 rings (SSSR count). The van der Waals surface area contributed by atoms with Crippen molar-refractivity contribution < 1.29 is 13.2 Å². The van der Waals surface area contributed by atoms with Gasteiger partial charge in [-0.05, 0) is 66.0 Å². The van der Waals surface area contributed by atoms with Crippen LogP contribution in [-0.2, 0) is 6.42 Å². The summed E-state index contributed by atoms with van der Waals surface area (Å²) in [7, 11) is 1.98. The van der Waals surface area contributed by atoms with Gasteiger partial charge in [0.15, 0.2) is 0 Å². The number of benzene rings is 1. The van der Waals surface area contributed by atoms with Crippen molar-refractivity contribution >= 4 is 49.7 Å². The maximum Gasteiger partial charge on any atom is 0.393 e. The molecule has 1 aliphatic rings. The molecule has 0 spiro atoms. The first kappa shape index (κ1) is 18.7. The van der Waals surface area contributed by atoms with Crippen molar-refractivity contribution in [3.8, 4) is 6.07 Å². The van der Waals surface area contributed by atoms with Gasteiger partial charge < -0.3 is 10.2 Å². The van der Waals surface area contributed by atoms with Gasteiger partial charge in [0, 0.05) is 6.54 Å². The molecule has 0 radical (unpaired) electrons. The maximum absolute atomic E-state index is 12.9. The molecule has 0 amide bonds. The highest BCUT2D eigenvalue weighted by atomic mass is 127. The van der Waals surface area contributed by atoms with Gasteiger partial charge in [-0.1, -0.05) is 12.1 Å². The van der Waals surface area contributed by atoms with Crippen molar-refractivity contribution in [1.82, 2.24) is 4.90 Å². The molecule has 1 aromatic carbocycles. The summed E-state index contributed by atoms with van der Waals surface area (Å²) in [5.41, 5.74) is 0.357. The van der Waals surface area contributed by atoms with E-state index in [2.05, 4.69) is 16.3 Å². The number of hydrogen-bond donors (Lipinski definition) is 1. The lowest BCUT2D eigenvalue weighted by Gasteiger charge is -2.37. The molecule has 2 heterocycles. The predicted molar refractivity (Wildman–Crippen MR) is 103 cm³/mol. The van der Waals surface area contributed by atoms with E-state index < -0.39 is 18.1 Å². The fourth-order valence-electron chi connectivity index (χ4n) is 3.35. The fraction of sp³-hybridized carbons (Fsp3) is 0.471. The fourth-order valence-corrected chi connectivity index (χ4v) is 5.51. The van der Waals surface area contributed by atoms with Crippen molar-refractivity contribution in [1.29, 1.82) is 5.26 Å². The average Bonchev–Trinajstić information content (AvgIpc) is 2.83. The number of halogens is 4. The molecule has 0 bridgehead atoms. The zero-order chi connectivity index (χ0) is 18.2. The van der Waals surface area contributed by atoms with Crippen LogP contribution in [0.3, 0.4) is 0 Å². The molecule has 1 unspecified atom stereocenters. The Bertz CT molecular complexity index is 827. The van der Waals surface area contributed by atoms with Crippen LogP contribution in [0.1, 0.15) is 18.4 Å². The summed E-state index contributed by atoms with van der Waals surface area (Å²) in [5, 5.41) is 13.7. The van der Waals surface area contributed by atoms with Crippen LogP contribution >= 0.6 is 33.9 Å². The summed E-state index contributed by atoms with van der Waals surface area (Å²) in [6, 6.07) is 7.72. The number of piperidine rings is 1. The lowest BCUT2D eigenvalue weighted by molar-refractivity contribution is -0.127. The first-order valence-electron chi connectivity index (χ1n) is 7.88. The van der Waals surface area contributed by atoms with Crippen molar-refractivity contribution in [2.45, 2.75) is 31.0 Å². The van der Waals surface area contributed by atoms with Crippen molar-refractivity contribution in [3.05, 3.63) is 26.6 Å². The van der Waals surface area contributed by atoms with E-state index in [0.717, 1.165) is 29.8 Å². The Balaban J connectivity index is 2.00. The third-order valence-corrected chi connectivity index (χ3v) is 6.80. The van der Waals surface area contributed by atoms with Crippen molar-refractivity contribution in [3.63, 3.8) is 0 Å². The molecule has 25 heavy (non-hydrogen) atoms. The number of hydrogen-bond acceptors (Lipinski definition) is 4. The number of alkyl halides is 3. The van der Waals surface area contributed by atoms with Gasteiger partial charge in [0.1, 0.15) is 5.54 Å². The summed E-state index contributed by atoms with van der Waals surface area (Å²) in [4.78, 5) is 2.10. The predicted octanol–water partition coefficient (Wildman–Crippen LogP) is 5.01. The van der Waals surface area contributed by atoms with Crippen molar-refractivity contribution in [2.24, 2.45) is 0 Å². The summed E-state index contributed by atoms with van der Waals surface area (Å²) in [6.45, 7) is 1.54. The number of nitriles is 1. The van der Waals surface area contributed by atoms with Crippen molar-refractivity contribution in [2.75, 3.05) is 25.5 Å². The second kappa shape index (κ2) is 6.93. The van der Waals surface area contributed by atoms with Crippen LogP contribution in [0.4, 0.5) is 18.9 Å². The highest BCUT2D eigenvalue weighted by Gasteiger charge is 2.35. The Hall–Kier alpha value is -1.05. The largest absolute Gasteiger partial charge is 0.393 e. The third-order valence-electron chi connectivity index (χ3n) is 4.42. The monoisotopic (exact) mass is 479 g/mol. The zero-order valence-corrected chi connectivity index (χ0v) is 16.6. The van der Waals surface area contributed by atoms with Crippen LogP contribution in [0.25, 0.3) is 10.1 Å². The van der Waals surface area contributed by atoms with E-state index in [1.807, 2.05) is 35.7 Å². The number of anilines is 1. The highest BCUT2D eigenvalue weighted by Crippen LogP contribution is 2.41. The lowest BCUT2D eigenvalue weighted by Crippen LogP contribution is -2.50. The van der Waals surface area contributed by atoms with Crippen LogP contribution in [0.15, 0.2) is 18.2 Å². The van der Waals surface area contributed by atoms with E-state index in [4.69, 9.17) is 0 Å². The molecule has 8 heteroatoms. The minimum absolute atomic E-state index is 0.323. The van der Waals surface area contributed by atoms with Crippen LogP contribution in [-0.4, -0.2) is 36.8 Å². The standard InChI is InChI=1S/C17H17F3IN3S/c1-24-7-3-6-16(9-22,10-24)23-13-5-2-4-11-12(8-17(18,19)20)15(21)25-14(11)13/h2,4-5,23H,3,6-8,10H2,1H3. The van der Waals surface area contributed by atoms with E-state index in [9.17, 15) is 18.4 Å². The first-order chi connectivity index (χ1) is 11.7. The molecule has 1 N–H and O–H groups in total. The van der Waals surface area contributed by atoms with E-state index in [1.54, 1.807) is 12.1 Å². The number of rotatable bonds is 3. The highest BCUT2D eigenvalue weighted by molar-refractivity contribution is 14.1. The van der Waals surface area contributed by atoms with Gasteiger partial charge in [0.2, 0.25) is 0 Å². The number of nitrogens with zero attached hydrogens (tertiary/aromatic N) is 2. The quantitative estimate of drug-likeness (QED) is 0.630. The topological polar surface area (TPSA) is 39.1 Å². The second-order valence-corrected chi connectivity index (χ2v) is 9.32. The Kier molecular flexibility index (Phi) is 5.19. The number of likely N-dealkylation sites (N-methyl/N-ethyl adjacent to an activating group) is 1. The Labute approximate surface area is 161 Å². The molecule has 1 aromatic heterocycles. The van der Waals surface area contributed by atoms with Gasteiger partial charge in [-0.15, -0.1) is 11.3 Å². The summed E-state index contributed by atoms with van der Waals surface area (Å²) in [5.74, 6) is 0. The number of likely N-dealkylation sites (tertiary alicyclic amines) is 1. The van der Waals surface area contributed by atoms with Crippen LogP contribution in [0.2, 0.25) is 0 Å². The van der Waals surface area contributed by atoms with Gasteiger partial charge >= 0.3 is 6.18 Å². The van der Waals surface area contributed by atoms with E-state index >= 15 is 0 Å². The molecule has 2 aromatic rings. The lowest BCUT2D eigenvalue weighted by atomic mass is 9.90. The van der Waals surface area contributed by atoms with Gasteiger partial charge in [-0.25, -0.2) is 0 Å². The molecule has 1 saturated heterocycles. The molecule has 1 atom stereocenters. The maximum atomic E-state index is 12.9. The Morgan fingerprint density at radius 2 is 2.20 bits per heavy atom. The number of nitrogens with one attached hydrogen (secondary N) is 1. The summed E-state index contributed by atoms with van der Waals surface area (Å²) in [6.07, 6.45) is -3.53. The summed E-state index contributed by atoms with van der Waals surface area (Å²) >= 11 is 3.32. The minimum Gasteiger partial charge on any atom is -0.365 e. The second-order valence-electron chi connectivity index (χ2n) is 6.49. The molecule has 1 aliphatic heterocycles. The number of thiophene rings is 1. The minimum atomic E-state index is -4.24. The molecule has 3 nitrogen and oxygen atoms in total. The van der Waals surface area contributed by atoms with Crippen LogP contribution < -0.4 is 5.32 Å². The zero-order valence-electron chi connectivity index (χ0n) is 13.6. The molecular weight excluding hydrogens is 462 g/mol. The molecule has 1 fully saturated rings. The SMILES string of the molecule is CN1CCCC(C#N)(Nc2cccc3c(CC(F)(F)F)c(I)sc23)C1. The molecule has 0 aliphatic carbocycles. The van der Waals surface area contributed by atoms with Gasteiger partial charge in [0.05, 0.1) is 25.8 Å². The average molecular weight is 479 g/mol. The smallest absolute Gasteiger partial charge is 0.365 e. The normalized spacial score (nSPS) is 22.1. The first-order valence-corrected chi connectivity index (χ1v) is 9.77. The van der Waals surface area contributed by atoms with Gasteiger partial charge in [0.25, 0.3) is 0 Å². The molecular formula is C17H17F3IN3S. The Morgan fingerprint density at radius 1 is 1.44 bits per heavy atom. The summed E-state index contributed by atoms with van der Waals surface area (Å²) < 4.78 is 40.1. The molecule has 134 valence electrons.